The molecule has 0 saturated heterocycles. The maximum atomic E-state index is 13.8. The van der Waals surface area contributed by atoms with Crippen molar-refractivity contribution in [1.82, 2.24) is 0 Å². The number of aliphatic hydroxyl groups is 2. The lowest BCUT2D eigenvalue weighted by molar-refractivity contribution is 0.0129. The molecule has 33 heavy (non-hydrogen) atoms. The number of aliphatic hydroxyl groups excluding tert-OH is 2. The number of nitrogens with zero attached hydrogens (tertiary/aromatic N) is 1. The molecule has 1 unspecified atom stereocenters. The van der Waals surface area contributed by atoms with Crippen LogP contribution in [0.2, 0.25) is 0 Å². The van der Waals surface area contributed by atoms with Crippen LogP contribution in [0.4, 0.5) is 5.69 Å². The van der Waals surface area contributed by atoms with Gasteiger partial charge in [0.05, 0.1) is 36.7 Å². The van der Waals surface area contributed by atoms with Gasteiger partial charge in [-0.15, -0.1) is 0 Å². The molecular weight excluding hydrogens is 434 g/mol. The third kappa shape index (κ3) is 5.23. The summed E-state index contributed by atoms with van der Waals surface area (Å²) in [5, 5.41) is 21.5. The van der Waals surface area contributed by atoms with Crippen LogP contribution >= 0.6 is 0 Å². The molecule has 2 aromatic carbocycles. The predicted octanol–water partition coefficient (Wildman–Crippen LogP) is 4.71. The van der Waals surface area contributed by atoms with Gasteiger partial charge in [0.1, 0.15) is 0 Å². The van der Waals surface area contributed by atoms with Crippen molar-refractivity contribution in [1.29, 1.82) is 0 Å². The van der Waals surface area contributed by atoms with E-state index in [4.69, 9.17) is 0 Å². The lowest BCUT2D eigenvalue weighted by atomic mass is 9.68. The minimum atomic E-state index is -3.61. The van der Waals surface area contributed by atoms with Crippen molar-refractivity contribution in [2.45, 2.75) is 69.0 Å². The first-order chi connectivity index (χ1) is 15.7. The van der Waals surface area contributed by atoms with Crippen LogP contribution in [0.5, 0.6) is 0 Å². The van der Waals surface area contributed by atoms with Crippen molar-refractivity contribution in [2.75, 3.05) is 24.7 Å². The fourth-order valence-electron chi connectivity index (χ4n) is 5.17. The van der Waals surface area contributed by atoms with Crippen LogP contribution in [-0.4, -0.2) is 44.6 Å². The summed E-state index contributed by atoms with van der Waals surface area (Å²) in [6, 6.07) is 13.0. The molecule has 2 N–H and O–H groups in total. The summed E-state index contributed by atoms with van der Waals surface area (Å²) in [6.07, 6.45) is 3.69. The molecule has 5 nitrogen and oxygen atoms in total. The van der Waals surface area contributed by atoms with Crippen LogP contribution in [0.1, 0.15) is 68.1 Å². The average Bonchev–Trinajstić information content (AvgIpc) is 2.87. The molecule has 1 aliphatic rings. The van der Waals surface area contributed by atoms with Gasteiger partial charge < -0.3 is 15.1 Å². The minimum Gasteiger partial charge on any atom is -0.392 e. The number of anilines is 1. The van der Waals surface area contributed by atoms with Gasteiger partial charge in [0.15, 0.2) is 9.84 Å². The third-order valence-electron chi connectivity index (χ3n) is 7.07. The quantitative estimate of drug-likeness (QED) is 0.517. The Morgan fingerprint density at radius 2 is 1.76 bits per heavy atom. The molecule has 180 valence electrons. The number of hydrogen-bond donors (Lipinski definition) is 2. The largest absolute Gasteiger partial charge is 0.392 e. The molecule has 0 bridgehead atoms. The third-order valence-corrected chi connectivity index (χ3v) is 9.07. The molecule has 0 spiro atoms. The van der Waals surface area contributed by atoms with E-state index in [1.807, 2.05) is 55.4 Å². The summed E-state index contributed by atoms with van der Waals surface area (Å²) in [5.41, 5.74) is 2.45. The molecule has 0 fully saturated rings. The zero-order valence-electron chi connectivity index (χ0n) is 20.1. The Hall–Kier alpha value is -2.02. The van der Waals surface area contributed by atoms with Crippen molar-refractivity contribution in [2.24, 2.45) is 5.41 Å². The molecule has 0 amide bonds. The van der Waals surface area contributed by atoms with E-state index in [-0.39, 0.29) is 12.4 Å². The van der Waals surface area contributed by atoms with Gasteiger partial charge in [-0.3, -0.25) is 0 Å². The second kappa shape index (κ2) is 10.5. The number of benzene rings is 2. The summed E-state index contributed by atoms with van der Waals surface area (Å²) in [6.45, 7) is 6.00. The average molecular weight is 473 g/mol. The molecule has 3 atom stereocenters. The van der Waals surface area contributed by atoms with E-state index in [1.165, 1.54) is 0 Å². The van der Waals surface area contributed by atoms with E-state index < -0.39 is 27.3 Å². The van der Waals surface area contributed by atoms with Crippen molar-refractivity contribution >= 4 is 15.5 Å². The van der Waals surface area contributed by atoms with Crippen LogP contribution in [-0.2, 0) is 16.4 Å². The Labute approximate surface area is 199 Å². The van der Waals surface area contributed by atoms with Gasteiger partial charge in [0, 0.05) is 31.1 Å². The van der Waals surface area contributed by atoms with Crippen molar-refractivity contribution in [3.8, 4) is 0 Å². The zero-order valence-corrected chi connectivity index (χ0v) is 20.9. The van der Waals surface area contributed by atoms with E-state index >= 15 is 0 Å². The molecule has 0 radical (unpaired) electrons. The van der Waals surface area contributed by atoms with Gasteiger partial charge in [-0.1, -0.05) is 44.0 Å². The topological polar surface area (TPSA) is 77.8 Å². The lowest BCUT2D eigenvalue weighted by Crippen LogP contribution is -2.43. The van der Waals surface area contributed by atoms with Gasteiger partial charge in [0.25, 0.3) is 0 Å². The highest BCUT2D eigenvalue weighted by Crippen LogP contribution is 2.50. The highest BCUT2D eigenvalue weighted by molar-refractivity contribution is 7.91. The number of sulfone groups is 1. The summed E-state index contributed by atoms with van der Waals surface area (Å²) in [7, 11) is 0.235. The Morgan fingerprint density at radius 1 is 1.09 bits per heavy atom. The fraction of sp³-hybridized carbons (Fsp3) is 0.519. The molecule has 3 rings (SSSR count). The van der Waals surface area contributed by atoms with Crippen LogP contribution in [0.15, 0.2) is 47.4 Å². The molecule has 0 saturated carbocycles. The molecule has 0 aliphatic carbocycles. The van der Waals surface area contributed by atoms with Crippen LogP contribution < -0.4 is 4.90 Å². The van der Waals surface area contributed by atoms with Gasteiger partial charge in [-0.25, -0.2) is 8.42 Å². The van der Waals surface area contributed by atoms with Gasteiger partial charge in [-0.05, 0) is 54.2 Å². The van der Waals surface area contributed by atoms with E-state index in [0.717, 1.165) is 36.1 Å². The highest BCUT2D eigenvalue weighted by Gasteiger charge is 2.49. The van der Waals surface area contributed by atoms with Crippen LogP contribution in [0, 0.1) is 12.3 Å². The molecule has 6 heteroatoms. The standard InChI is InChI=1S/C27H38NO4S/c1-5-7-15-27(16-8-6-2)19-33(31,32)24-14-13-22(28(3)4)17-23(24)25(26(27)30)21-11-9-20(18-29)10-12-21/h9-14,17,25-26,29-30H,1,5-8,15-16,18-19H2,2-4H3/q+1/t25-,26-,27?/m0/s1. The second-order valence-electron chi connectivity index (χ2n) is 9.62. The van der Waals surface area contributed by atoms with E-state index in [0.29, 0.717) is 29.7 Å². The molecule has 0 aromatic heterocycles. The normalized spacial score (nSPS) is 24.2. The van der Waals surface area contributed by atoms with Gasteiger partial charge in [0.2, 0.25) is 0 Å². The van der Waals surface area contributed by atoms with Crippen LogP contribution in [0.3, 0.4) is 0 Å². The maximum Gasteiger partial charge on any atom is 0.179 e. The van der Waals surface area contributed by atoms with Gasteiger partial charge in [-0.2, -0.15) is 0 Å². The Morgan fingerprint density at radius 3 is 2.33 bits per heavy atom. The second-order valence-corrected chi connectivity index (χ2v) is 11.6. The van der Waals surface area contributed by atoms with E-state index in [9.17, 15) is 18.6 Å². The van der Waals surface area contributed by atoms with Crippen LogP contribution in [0.25, 0.3) is 0 Å². The molecule has 2 aromatic rings. The van der Waals surface area contributed by atoms with Crippen molar-refractivity contribution in [3.63, 3.8) is 0 Å². The smallest absolute Gasteiger partial charge is 0.179 e. The lowest BCUT2D eigenvalue weighted by Gasteiger charge is -2.40. The Kier molecular flexibility index (Phi) is 8.14. The van der Waals surface area contributed by atoms with E-state index in [1.54, 1.807) is 6.07 Å². The van der Waals surface area contributed by atoms with E-state index in [2.05, 4.69) is 13.8 Å². The highest BCUT2D eigenvalue weighted by atomic mass is 32.2. The Bertz CT molecular complexity index is 1020. The number of unbranched alkanes of at least 4 members (excludes halogenated alkanes) is 2. The van der Waals surface area contributed by atoms with Gasteiger partial charge >= 0.3 is 0 Å². The minimum absolute atomic E-state index is 0.0549. The summed E-state index contributed by atoms with van der Waals surface area (Å²) in [5.74, 6) is -0.535. The predicted molar refractivity (Wildman–Crippen MR) is 134 cm³/mol. The molecule has 1 aliphatic heterocycles. The first-order valence-corrected chi connectivity index (χ1v) is 13.6. The first-order valence-electron chi connectivity index (χ1n) is 11.9. The fourth-order valence-corrected chi connectivity index (χ4v) is 7.36. The van der Waals surface area contributed by atoms with Crippen molar-refractivity contribution in [3.05, 3.63) is 66.1 Å². The maximum absolute atomic E-state index is 13.8. The summed E-state index contributed by atoms with van der Waals surface area (Å²) >= 11 is 0. The zero-order chi connectivity index (χ0) is 24.2. The monoisotopic (exact) mass is 472 g/mol. The SMILES string of the molecule is [CH2+]CCCC1(CCCC)CS(=O)(=O)c2ccc(N(C)C)cc2[C@H](c2ccc(CO)cc2)[C@@H]1O. The summed E-state index contributed by atoms with van der Waals surface area (Å²) in [4.78, 5) is 2.26. The van der Waals surface area contributed by atoms with Crippen molar-refractivity contribution < 1.29 is 18.6 Å². The molecular formula is C27H38NO4S+. The molecule has 1 heterocycles. The number of fused-ring (bicyclic) bond motifs is 1. The first kappa shape index (κ1) is 25.6. The number of hydrogen-bond acceptors (Lipinski definition) is 5. The Balaban J connectivity index is 2.29. The summed E-state index contributed by atoms with van der Waals surface area (Å²) < 4.78 is 27.5. The number of rotatable bonds is 9.